The maximum atomic E-state index is 14.3. The maximum absolute atomic E-state index is 14.3. The minimum Gasteiger partial charge on any atom is -0.378 e. The van der Waals surface area contributed by atoms with E-state index < -0.39 is 15.8 Å². The van der Waals surface area contributed by atoms with Crippen molar-refractivity contribution in [2.24, 2.45) is 0 Å². The molecule has 166 valence electrons. The van der Waals surface area contributed by atoms with Gasteiger partial charge in [-0.05, 0) is 77.4 Å². The van der Waals surface area contributed by atoms with Crippen LogP contribution in [0.4, 0.5) is 10.1 Å². The second-order valence-corrected chi connectivity index (χ2v) is 10.3. The molecule has 6 nitrogen and oxygen atoms in total. The van der Waals surface area contributed by atoms with Gasteiger partial charge >= 0.3 is 0 Å². The lowest BCUT2D eigenvalue weighted by Gasteiger charge is -2.34. The van der Waals surface area contributed by atoms with E-state index in [-0.39, 0.29) is 17.0 Å². The quantitative estimate of drug-likeness (QED) is 0.535. The molecule has 0 spiro atoms. The zero-order valence-corrected chi connectivity index (χ0v) is 19.2. The highest BCUT2D eigenvalue weighted by Gasteiger charge is 2.32. The SMILES string of the molecule is CN(C)CCCCOC1CCC(N(C)S(=O)(=O)c2ccc(N(C)C)c(F)c2)CC1. The summed E-state index contributed by atoms with van der Waals surface area (Å²) in [7, 11) is 5.45. The van der Waals surface area contributed by atoms with Crippen LogP contribution in [0.1, 0.15) is 38.5 Å². The topological polar surface area (TPSA) is 53.1 Å². The van der Waals surface area contributed by atoms with Gasteiger partial charge in [0.2, 0.25) is 10.0 Å². The molecule has 0 radical (unpaired) electrons. The average molecular weight is 430 g/mol. The number of rotatable bonds is 10. The molecule has 0 bridgehead atoms. The number of benzene rings is 1. The molecule has 1 aromatic rings. The predicted molar refractivity (Wildman–Crippen MR) is 115 cm³/mol. The van der Waals surface area contributed by atoms with Crippen molar-refractivity contribution in [2.45, 2.75) is 55.6 Å². The zero-order chi connectivity index (χ0) is 21.6. The third kappa shape index (κ3) is 6.64. The van der Waals surface area contributed by atoms with E-state index in [2.05, 4.69) is 19.0 Å². The van der Waals surface area contributed by atoms with Gasteiger partial charge in [0, 0.05) is 33.8 Å². The lowest BCUT2D eigenvalue weighted by Crippen LogP contribution is -2.40. The number of ether oxygens (including phenoxy) is 1. The van der Waals surface area contributed by atoms with Crippen LogP contribution in [0.5, 0.6) is 0 Å². The maximum Gasteiger partial charge on any atom is 0.243 e. The van der Waals surface area contributed by atoms with Crippen molar-refractivity contribution >= 4 is 15.7 Å². The van der Waals surface area contributed by atoms with E-state index in [0.29, 0.717) is 5.69 Å². The van der Waals surface area contributed by atoms with E-state index in [1.165, 1.54) is 16.4 Å². The van der Waals surface area contributed by atoms with Gasteiger partial charge in [0.25, 0.3) is 0 Å². The average Bonchev–Trinajstić information content (AvgIpc) is 2.67. The van der Waals surface area contributed by atoms with Crippen LogP contribution in [0.25, 0.3) is 0 Å². The predicted octanol–water partition coefficient (Wildman–Crippen LogP) is 3.18. The van der Waals surface area contributed by atoms with Crippen LogP contribution in [0.15, 0.2) is 23.1 Å². The van der Waals surface area contributed by atoms with Crippen LogP contribution in [0.3, 0.4) is 0 Å². The van der Waals surface area contributed by atoms with E-state index in [4.69, 9.17) is 4.74 Å². The lowest BCUT2D eigenvalue weighted by atomic mass is 9.93. The summed E-state index contributed by atoms with van der Waals surface area (Å²) in [4.78, 5) is 3.79. The molecule has 1 aliphatic rings. The summed E-state index contributed by atoms with van der Waals surface area (Å²) in [5, 5.41) is 0. The van der Waals surface area contributed by atoms with Crippen molar-refractivity contribution in [1.82, 2.24) is 9.21 Å². The fraction of sp³-hybridized carbons (Fsp3) is 0.714. The molecule has 0 unspecified atom stereocenters. The first-order valence-electron chi connectivity index (χ1n) is 10.3. The number of sulfonamides is 1. The molecule has 29 heavy (non-hydrogen) atoms. The lowest BCUT2D eigenvalue weighted by molar-refractivity contribution is 0.0154. The Morgan fingerprint density at radius 3 is 2.24 bits per heavy atom. The van der Waals surface area contributed by atoms with Crippen LogP contribution in [0, 0.1) is 5.82 Å². The van der Waals surface area contributed by atoms with E-state index in [0.717, 1.165) is 57.7 Å². The second-order valence-electron chi connectivity index (χ2n) is 8.34. The molecule has 0 aliphatic heterocycles. The Bertz CT molecular complexity index is 748. The number of anilines is 1. The normalized spacial score (nSPS) is 20.4. The molecule has 0 atom stereocenters. The first-order valence-corrected chi connectivity index (χ1v) is 11.8. The Hall–Kier alpha value is -1.22. The van der Waals surface area contributed by atoms with Gasteiger partial charge in [0.15, 0.2) is 0 Å². The van der Waals surface area contributed by atoms with Crippen LogP contribution >= 0.6 is 0 Å². The molecule has 0 heterocycles. The molecule has 1 aliphatic carbocycles. The van der Waals surface area contributed by atoms with Gasteiger partial charge in [-0.15, -0.1) is 0 Å². The third-order valence-electron chi connectivity index (χ3n) is 5.59. The fourth-order valence-electron chi connectivity index (χ4n) is 3.73. The number of hydrogen-bond donors (Lipinski definition) is 0. The first-order chi connectivity index (χ1) is 13.6. The highest BCUT2D eigenvalue weighted by atomic mass is 32.2. The summed E-state index contributed by atoms with van der Waals surface area (Å²) in [5.74, 6) is -0.532. The number of nitrogens with zero attached hydrogens (tertiary/aromatic N) is 3. The third-order valence-corrected chi connectivity index (χ3v) is 7.50. The van der Waals surface area contributed by atoms with Gasteiger partial charge in [0.05, 0.1) is 16.7 Å². The van der Waals surface area contributed by atoms with Gasteiger partial charge in [-0.25, -0.2) is 12.8 Å². The molecule has 8 heteroatoms. The summed E-state index contributed by atoms with van der Waals surface area (Å²) < 4.78 is 47.6. The molecule has 0 saturated heterocycles. The molecule has 2 rings (SSSR count). The Morgan fingerprint density at radius 1 is 1.03 bits per heavy atom. The molecule has 0 N–H and O–H groups in total. The highest BCUT2D eigenvalue weighted by Crippen LogP contribution is 2.29. The monoisotopic (exact) mass is 429 g/mol. The Labute approximate surface area is 175 Å². The van der Waals surface area contributed by atoms with Gasteiger partial charge in [-0.2, -0.15) is 4.31 Å². The number of halogens is 1. The summed E-state index contributed by atoms with van der Waals surface area (Å²) in [6.45, 7) is 1.82. The zero-order valence-electron chi connectivity index (χ0n) is 18.4. The van der Waals surface area contributed by atoms with Crippen LogP contribution in [0.2, 0.25) is 0 Å². The van der Waals surface area contributed by atoms with E-state index in [1.54, 1.807) is 26.0 Å². The fourth-order valence-corrected chi connectivity index (χ4v) is 5.16. The van der Waals surface area contributed by atoms with Crippen molar-refractivity contribution in [2.75, 3.05) is 53.3 Å². The summed E-state index contributed by atoms with van der Waals surface area (Å²) >= 11 is 0. The Balaban J connectivity index is 1.88. The summed E-state index contributed by atoms with van der Waals surface area (Å²) in [6, 6.07) is 4.03. The molecule has 1 saturated carbocycles. The van der Waals surface area contributed by atoms with Gasteiger partial charge < -0.3 is 14.5 Å². The molecule has 0 amide bonds. The van der Waals surface area contributed by atoms with E-state index >= 15 is 0 Å². The van der Waals surface area contributed by atoms with Gasteiger partial charge in [-0.3, -0.25) is 0 Å². The largest absolute Gasteiger partial charge is 0.378 e. The number of unbranched alkanes of at least 4 members (excludes halogenated alkanes) is 1. The number of hydrogen-bond acceptors (Lipinski definition) is 5. The minimum absolute atomic E-state index is 0.00219. The van der Waals surface area contributed by atoms with E-state index in [9.17, 15) is 12.8 Å². The minimum atomic E-state index is -3.72. The summed E-state index contributed by atoms with van der Waals surface area (Å²) in [6.07, 6.45) is 5.59. The van der Waals surface area contributed by atoms with Crippen molar-refractivity contribution in [3.8, 4) is 0 Å². The second kappa shape index (κ2) is 10.7. The van der Waals surface area contributed by atoms with Crippen molar-refractivity contribution in [1.29, 1.82) is 0 Å². The van der Waals surface area contributed by atoms with Crippen LogP contribution < -0.4 is 4.90 Å². The molecule has 0 aromatic heterocycles. The van der Waals surface area contributed by atoms with Crippen molar-refractivity contribution in [3.63, 3.8) is 0 Å². The standard InChI is InChI=1S/C21H36FN3O3S/c1-23(2)14-6-7-15-28-18-10-8-17(9-11-18)25(5)29(26,27)19-12-13-21(24(3)4)20(22)16-19/h12-13,16-18H,6-11,14-15H2,1-5H3. The van der Waals surface area contributed by atoms with Crippen molar-refractivity contribution in [3.05, 3.63) is 24.0 Å². The van der Waals surface area contributed by atoms with Gasteiger partial charge in [0.1, 0.15) is 5.82 Å². The van der Waals surface area contributed by atoms with E-state index in [1.807, 2.05) is 0 Å². The Kier molecular flexibility index (Phi) is 8.88. The van der Waals surface area contributed by atoms with Crippen molar-refractivity contribution < 1.29 is 17.5 Å². The van der Waals surface area contributed by atoms with Crippen LogP contribution in [-0.4, -0.2) is 78.2 Å². The molecular weight excluding hydrogens is 393 g/mol. The first kappa shape index (κ1) is 24.1. The highest BCUT2D eigenvalue weighted by molar-refractivity contribution is 7.89. The summed E-state index contributed by atoms with van der Waals surface area (Å²) in [5.41, 5.74) is 0.370. The van der Waals surface area contributed by atoms with Crippen LogP contribution in [-0.2, 0) is 14.8 Å². The van der Waals surface area contributed by atoms with Gasteiger partial charge in [-0.1, -0.05) is 0 Å². The smallest absolute Gasteiger partial charge is 0.243 e. The molecule has 1 aromatic carbocycles. The molecule has 1 fully saturated rings. The Morgan fingerprint density at radius 2 is 1.69 bits per heavy atom. The molecular formula is C21H36FN3O3S.